The number of guanidine groups is 1. The third kappa shape index (κ3) is 4.31. The van der Waals surface area contributed by atoms with Crippen LogP contribution < -0.4 is 10.6 Å². The highest BCUT2D eigenvalue weighted by molar-refractivity contribution is 14.0. The van der Waals surface area contributed by atoms with Crippen molar-refractivity contribution in [3.05, 3.63) is 30.1 Å². The largest absolute Gasteiger partial charge is 0.356 e. The van der Waals surface area contributed by atoms with Crippen molar-refractivity contribution >= 4 is 41.0 Å². The Morgan fingerprint density at radius 1 is 1.38 bits per heavy atom. The maximum absolute atomic E-state index is 4.41. The summed E-state index contributed by atoms with van der Waals surface area (Å²) in [6.45, 7) is 5.55. The van der Waals surface area contributed by atoms with Crippen LogP contribution in [0, 0.1) is 5.92 Å². The molecule has 2 fully saturated rings. The first-order valence-corrected chi connectivity index (χ1v) is 9.37. The van der Waals surface area contributed by atoms with Crippen molar-refractivity contribution in [3.63, 3.8) is 0 Å². The Morgan fingerprint density at radius 2 is 2.23 bits per heavy atom. The highest BCUT2D eigenvalue weighted by Crippen LogP contribution is 2.31. The molecule has 6 nitrogen and oxygen atoms in total. The maximum atomic E-state index is 4.41. The van der Waals surface area contributed by atoms with E-state index >= 15 is 0 Å². The standard InChI is InChI=1S/C19H28N6.HI/c1-13-11-25(15-5-6-15)12-17(13)24-19(20-2)22-9-7-14-10-23-18-16(14)4-3-8-21-18;/h3-4,8,10,13,15,17H,5-7,9,11-12H2,1-2H3,(H,21,23)(H2,20,22,24);1H. The van der Waals surface area contributed by atoms with Crippen LogP contribution in [-0.2, 0) is 6.42 Å². The fraction of sp³-hybridized carbons (Fsp3) is 0.579. The number of hydrogen-bond acceptors (Lipinski definition) is 3. The normalized spacial score (nSPS) is 23.8. The smallest absolute Gasteiger partial charge is 0.191 e. The highest BCUT2D eigenvalue weighted by Gasteiger charge is 2.38. The molecule has 26 heavy (non-hydrogen) atoms. The van der Waals surface area contributed by atoms with Gasteiger partial charge in [-0.25, -0.2) is 4.98 Å². The van der Waals surface area contributed by atoms with Crippen LogP contribution in [0.15, 0.2) is 29.5 Å². The fourth-order valence-corrected chi connectivity index (χ4v) is 3.84. The van der Waals surface area contributed by atoms with Crippen LogP contribution in [0.1, 0.15) is 25.3 Å². The number of nitrogens with zero attached hydrogens (tertiary/aromatic N) is 3. The van der Waals surface area contributed by atoms with Crippen LogP contribution in [0.5, 0.6) is 0 Å². The quantitative estimate of drug-likeness (QED) is 0.358. The molecular formula is C19H29IN6. The van der Waals surface area contributed by atoms with E-state index in [1.807, 2.05) is 19.3 Å². The molecule has 0 aromatic carbocycles. The summed E-state index contributed by atoms with van der Waals surface area (Å²) in [6.07, 6.45) is 7.58. The summed E-state index contributed by atoms with van der Waals surface area (Å²) in [4.78, 5) is 14.6. The second-order valence-electron chi connectivity index (χ2n) is 7.38. The molecule has 0 amide bonds. The van der Waals surface area contributed by atoms with Gasteiger partial charge >= 0.3 is 0 Å². The Morgan fingerprint density at radius 3 is 3.00 bits per heavy atom. The van der Waals surface area contributed by atoms with E-state index in [4.69, 9.17) is 0 Å². The molecule has 142 valence electrons. The molecule has 1 saturated heterocycles. The number of pyridine rings is 1. The minimum Gasteiger partial charge on any atom is -0.356 e. The average molecular weight is 468 g/mol. The molecule has 0 bridgehead atoms. The van der Waals surface area contributed by atoms with E-state index in [0.717, 1.165) is 37.2 Å². The van der Waals surface area contributed by atoms with E-state index in [0.29, 0.717) is 12.0 Å². The summed E-state index contributed by atoms with van der Waals surface area (Å²) in [5, 5.41) is 8.29. The molecule has 3 heterocycles. The van der Waals surface area contributed by atoms with Gasteiger partial charge in [0.25, 0.3) is 0 Å². The molecule has 2 aliphatic rings. The minimum atomic E-state index is 0. The van der Waals surface area contributed by atoms with E-state index < -0.39 is 0 Å². The van der Waals surface area contributed by atoms with Gasteiger partial charge in [-0.2, -0.15) is 0 Å². The SMILES string of the molecule is CN=C(NCCc1c[nH]c2ncccc12)NC1CN(C2CC2)CC1C.I. The third-order valence-electron chi connectivity index (χ3n) is 5.47. The van der Waals surface area contributed by atoms with Crippen molar-refractivity contribution in [2.75, 3.05) is 26.7 Å². The van der Waals surface area contributed by atoms with E-state index in [1.165, 1.54) is 30.3 Å². The van der Waals surface area contributed by atoms with Crippen LogP contribution in [-0.4, -0.2) is 59.6 Å². The monoisotopic (exact) mass is 468 g/mol. The molecule has 1 aliphatic carbocycles. The molecule has 4 rings (SSSR count). The van der Waals surface area contributed by atoms with Gasteiger partial charge in [0.15, 0.2) is 5.96 Å². The Labute approximate surface area is 172 Å². The van der Waals surface area contributed by atoms with Gasteiger partial charge in [-0.3, -0.25) is 9.89 Å². The number of aromatic amines is 1. The van der Waals surface area contributed by atoms with E-state index in [1.54, 1.807) is 0 Å². The Kier molecular flexibility index (Phi) is 6.39. The molecule has 7 heteroatoms. The predicted octanol–water partition coefficient (Wildman–Crippen LogP) is 2.37. The van der Waals surface area contributed by atoms with Gasteiger partial charge in [-0.1, -0.05) is 6.92 Å². The molecule has 1 aliphatic heterocycles. The zero-order valence-electron chi connectivity index (χ0n) is 15.5. The first kappa shape index (κ1) is 19.4. The number of hydrogen-bond donors (Lipinski definition) is 3. The summed E-state index contributed by atoms with van der Waals surface area (Å²) in [5.41, 5.74) is 2.25. The molecule has 2 aromatic heterocycles. The number of H-pyrrole nitrogens is 1. The number of likely N-dealkylation sites (tertiary alicyclic amines) is 1. The van der Waals surface area contributed by atoms with Crippen molar-refractivity contribution in [2.24, 2.45) is 10.9 Å². The number of fused-ring (bicyclic) bond motifs is 1. The van der Waals surface area contributed by atoms with Crippen molar-refractivity contribution in [2.45, 2.75) is 38.3 Å². The van der Waals surface area contributed by atoms with Gasteiger partial charge in [0, 0.05) is 56.5 Å². The minimum absolute atomic E-state index is 0. The van der Waals surface area contributed by atoms with Gasteiger partial charge in [0.05, 0.1) is 0 Å². The first-order valence-electron chi connectivity index (χ1n) is 9.37. The summed E-state index contributed by atoms with van der Waals surface area (Å²) in [5.74, 6) is 1.58. The lowest BCUT2D eigenvalue weighted by Gasteiger charge is -2.20. The van der Waals surface area contributed by atoms with Crippen molar-refractivity contribution in [1.29, 1.82) is 0 Å². The zero-order chi connectivity index (χ0) is 17.2. The number of rotatable bonds is 5. The van der Waals surface area contributed by atoms with Crippen LogP contribution in [0.2, 0.25) is 0 Å². The first-order chi connectivity index (χ1) is 12.2. The molecule has 2 unspecified atom stereocenters. The summed E-state index contributed by atoms with van der Waals surface area (Å²) < 4.78 is 0. The number of aliphatic imine (C=N–C) groups is 1. The number of nitrogens with one attached hydrogen (secondary N) is 3. The van der Waals surface area contributed by atoms with Crippen LogP contribution in [0.25, 0.3) is 11.0 Å². The summed E-state index contributed by atoms with van der Waals surface area (Å²) >= 11 is 0. The maximum Gasteiger partial charge on any atom is 0.191 e. The number of aromatic nitrogens is 2. The zero-order valence-corrected chi connectivity index (χ0v) is 17.9. The Hall–Kier alpha value is -1.35. The predicted molar refractivity (Wildman–Crippen MR) is 117 cm³/mol. The van der Waals surface area contributed by atoms with E-state index in [-0.39, 0.29) is 24.0 Å². The van der Waals surface area contributed by atoms with E-state index in [9.17, 15) is 0 Å². The average Bonchev–Trinajstić information content (AvgIpc) is 3.31. The lowest BCUT2D eigenvalue weighted by Crippen LogP contribution is -2.47. The molecule has 3 N–H and O–H groups in total. The Bertz CT molecular complexity index is 753. The van der Waals surface area contributed by atoms with Gasteiger partial charge in [-0.15, -0.1) is 24.0 Å². The van der Waals surface area contributed by atoms with Crippen molar-refractivity contribution < 1.29 is 0 Å². The van der Waals surface area contributed by atoms with Gasteiger partial charge in [0.2, 0.25) is 0 Å². The van der Waals surface area contributed by atoms with Gasteiger partial charge < -0.3 is 15.6 Å². The van der Waals surface area contributed by atoms with E-state index in [2.05, 4.69) is 49.7 Å². The Balaban J connectivity index is 0.00000196. The fourth-order valence-electron chi connectivity index (χ4n) is 3.84. The third-order valence-corrected chi connectivity index (χ3v) is 5.47. The van der Waals surface area contributed by atoms with Gasteiger partial charge in [-0.05, 0) is 42.9 Å². The second-order valence-corrected chi connectivity index (χ2v) is 7.38. The highest BCUT2D eigenvalue weighted by atomic mass is 127. The molecular weight excluding hydrogens is 439 g/mol. The lowest BCUT2D eigenvalue weighted by molar-refractivity contribution is 0.315. The van der Waals surface area contributed by atoms with Crippen LogP contribution in [0.3, 0.4) is 0 Å². The molecule has 0 radical (unpaired) electrons. The van der Waals surface area contributed by atoms with Gasteiger partial charge in [0.1, 0.15) is 5.65 Å². The van der Waals surface area contributed by atoms with Crippen molar-refractivity contribution in [3.8, 4) is 0 Å². The second kappa shape index (κ2) is 8.56. The molecule has 0 spiro atoms. The topological polar surface area (TPSA) is 68.3 Å². The van der Waals surface area contributed by atoms with Crippen LogP contribution in [0.4, 0.5) is 0 Å². The summed E-state index contributed by atoms with van der Waals surface area (Å²) in [6, 6.07) is 5.44. The molecule has 1 saturated carbocycles. The lowest BCUT2D eigenvalue weighted by atomic mass is 10.1. The van der Waals surface area contributed by atoms with Crippen molar-refractivity contribution in [1.82, 2.24) is 25.5 Å². The number of halogens is 1. The molecule has 2 aromatic rings. The van der Waals surface area contributed by atoms with Crippen LogP contribution >= 0.6 is 24.0 Å². The summed E-state index contributed by atoms with van der Waals surface area (Å²) in [7, 11) is 1.85. The molecule has 2 atom stereocenters.